The molecule has 0 saturated heterocycles. The minimum Gasteiger partial charge on any atom is -0.382 e. The number of alkyl halides is 2. The molecule has 166 valence electrons. The van der Waals surface area contributed by atoms with Gasteiger partial charge in [-0.1, -0.05) is 18.2 Å². The lowest BCUT2D eigenvalue weighted by Gasteiger charge is -2.08. The smallest absolute Gasteiger partial charge is 0.328 e. The van der Waals surface area contributed by atoms with Crippen LogP contribution >= 0.6 is 0 Å². The summed E-state index contributed by atoms with van der Waals surface area (Å²) >= 11 is 0. The Kier molecular flexibility index (Phi) is 6.11. The van der Waals surface area contributed by atoms with Crippen molar-refractivity contribution in [3.63, 3.8) is 0 Å². The van der Waals surface area contributed by atoms with Crippen molar-refractivity contribution in [3.8, 4) is 0 Å². The second kappa shape index (κ2) is 9.13. The first-order chi connectivity index (χ1) is 15.4. The van der Waals surface area contributed by atoms with E-state index in [4.69, 9.17) is 5.73 Å². The maximum atomic E-state index is 12.4. The van der Waals surface area contributed by atoms with Gasteiger partial charge in [0.15, 0.2) is 11.5 Å². The highest BCUT2D eigenvalue weighted by Gasteiger charge is 2.13. The Labute approximate surface area is 182 Å². The number of nitrogens with two attached hydrogens (primary N) is 1. The number of aromatic amines is 1. The lowest BCUT2D eigenvalue weighted by atomic mass is 10.1. The number of imidazole rings is 1. The number of rotatable bonds is 8. The number of aromatic nitrogens is 5. The molecule has 0 aliphatic carbocycles. The van der Waals surface area contributed by atoms with E-state index in [1.807, 2.05) is 36.4 Å². The molecular weight excluding hydrogens is 416 g/mol. The van der Waals surface area contributed by atoms with Crippen molar-refractivity contribution >= 4 is 28.5 Å². The molecule has 8 nitrogen and oxygen atoms in total. The monoisotopic (exact) mass is 439 g/mol. The van der Waals surface area contributed by atoms with Gasteiger partial charge in [0.2, 0.25) is 6.43 Å². The van der Waals surface area contributed by atoms with Gasteiger partial charge in [-0.3, -0.25) is 4.57 Å². The van der Waals surface area contributed by atoms with Crippen LogP contribution in [0.25, 0.3) is 11.2 Å². The summed E-state index contributed by atoms with van der Waals surface area (Å²) in [6.45, 7) is 2.00. The van der Waals surface area contributed by atoms with Crippen molar-refractivity contribution < 1.29 is 8.78 Å². The predicted octanol–water partition coefficient (Wildman–Crippen LogP) is 3.78. The summed E-state index contributed by atoms with van der Waals surface area (Å²) in [6, 6.07) is 11.3. The molecule has 10 heteroatoms. The zero-order chi connectivity index (χ0) is 22.7. The van der Waals surface area contributed by atoms with Gasteiger partial charge in [-0.05, 0) is 49.1 Å². The van der Waals surface area contributed by atoms with Crippen LogP contribution in [0.3, 0.4) is 0 Å². The number of nitrogen functional groups attached to an aromatic ring is 1. The van der Waals surface area contributed by atoms with Crippen molar-refractivity contribution in [2.45, 2.75) is 39.2 Å². The predicted molar refractivity (Wildman–Crippen MR) is 119 cm³/mol. The molecule has 1 aromatic carbocycles. The van der Waals surface area contributed by atoms with Gasteiger partial charge in [-0.2, -0.15) is 0 Å². The van der Waals surface area contributed by atoms with Crippen LogP contribution in [0.5, 0.6) is 0 Å². The van der Waals surface area contributed by atoms with Crippen LogP contribution in [0, 0.1) is 6.92 Å². The van der Waals surface area contributed by atoms with Crippen LogP contribution < -0.4 is 16.7 Å². The molecule has 3 aromatic heterocycles. The number of hydrogen-bond donors (Lipinski definition) is 3. The quantitative estimate of drug-likeness (QED) is 0.385. The van der Waals surface area contributed by atoms with Crippen molar-refractivity contribution in [3.05, 3.63) is 70.0 Å². The van der Waals surface area contributed by atoms with Crippen LogP contribution in [0.4, 0.5) is 26.1 Å². The summed E-state index contributed by atoms with van der Waals surface area (Å²) in [5.74, 6) is 1.37. The fraction of sp³-hybridized carbons (Fsp3) is 0.273. The first kappa shape index (κ1) is 21.4. The van der Waals surface area contributed by atoms with Gasteiger partial charge in [-0.25, -0.2) is 28.5 Å². The summed E-state index contributed by atoms with van der Waals surface area (Å²) in [4.78, 5) is 27.9. The number of halogens is 2. The maximum Gasteiger partial charge on any atom is 0.328 e. The Hall–Kier alpha value is -3.82. The standard InChI is InChI=1S/C22H23F2N7O/c1-13-27-20(25)19-21(28-13)31(22(32)30-19)12-15-7-10-18(26-11-15)29-16-8-5-14(6-9-16)3-2-4-17(23)24/h5-11,17H,2-4,12H2,1H3,(H,26,29)(H,30,32)(H2,25,27,28). The van der Waals surface area contributed by atoms with E-state index in [0.717, 1.165) is 16.8 Å². The highest BCUT2D eigenvalue weighted by atomic mass is 19.3. The Balaban J connectivity index is 1.42. The highest BCUT2D eigenvalue weighted by molar-refractivity contribution is 5.81. The van der Waals surface area contributed by atoms with Gasteiger partial charge in [0.05, 0.1) is 6.54 Å². The van der Waals surface area contributed by atoms with Crippen LogP contribution in [0.1, 0.15) is 29.8 Å². The van der Waals surface area contributed by atoms with E-state index >= 15 is 0 Å². The van der Waals surface area contributed by atoms with Gasteiger partial charge in [0, 0.05) is 18.3 Å². The van der Waals surface area contributed by atoms with Gasteiger partial charge in [-0.15, -0.1) is 0 Å². The minimum absolute atomic E-state index is 0.0825. The third-order valence-corrected chi connectivity index (χ3v) is 5.04. The number of nitrogens with one attached hydrogen (secondary N) is 2. The first-order valence-corrected chi connectivity index (χ1v) is 10.2. The zero-order valence-electron chi connectivity index (χ0n) is 17.5. The topological polar surface area (TPSA) is 115 Å². The number of hydrogen-bond acceptors (Lipinski definition) is 6. The summed E-state index contributed by atoms with van der Waals surface area (Å²) in [5, 5.41) is 3.20. The van der Waals surface area contributed by atoms with Gasteiger partial charge < -0.3 is 16.0 Å². The SMILES string of the molecule is Cc1nc(N)c2[nH]c(=O)n(Cc3ccc(Nc4ccc(CCCC(F)F)cc4)nc3)c2n1. The lowest BCUT2D eigenvalue weighted by Crippen LogP contribution is -2.18. The molecule has 3 heterocycles. The number of anilines is 3. The Bertz CT molecular complexity index is 1260. The number of aryl methyl sites for hydroxylation is 2. The van der Waals surface area contributed by atoms with Crippen molar-refractivity contribution in [1.29, 1.82) is 0 Å². The summed E-state index contributed by atoms with van der Waals surface area (Å²) in [6.07, 6.45) is 0.437. The molecule has 0 amide bonds. The Morgan fingerprint density at radius 1 is 1.12 bits per heavy atom. The number of H-pyrrole nitrogens is 1. The van der Waals surface area contributed by atoms with E-state index in [2.05, 4.69) is 25.3 Å². The summed E-state index contributed by atoms with van der Waals surface area (Å²) < 4.78 is 26.0. The molecule has 32 heavy (non-hydrogen) atoms. The molecular formula is C22H23F2N7O. The normalized spacial score (nSPS) is 11.4. The average molecular weight is 439 g/mol. The molecule has 0 bridgehead atoms. The third kappa shape index (κ3) is 4.90. The van der Waals surface area contributed by atoms with E-state index in [9.17, 15) is 13.6 Å². The zero-order valence-corrected chi connectivity index (χ0v) is 17.5. The molecule has 0 aliphatic heterocycles. The van der Waals surface area contributed by atoms with Gasteiger partial charge >= 0.3 is 5.69 Å². The molecule has 4 aromatic rings. The minimum atomic E-state index is -2.25. The van der Waals surface area contributed by atoms with Crippen molar-refractivity contribution in [2.75, 3.05) is 11.1 Å². The molecule has 4 N–H and O–H groups in total. The van der Waals surface area contributed by atoms with Crippen LogP contribution in [0.15, 0.2) is 47.4 Å². The molecule has 4 rings (SSSR count). The number of pyridine rings is 1. The van der Waals surface area contributed by atoms with E-state index in [-0.39, 0.29) is 24.5 Å². The largest absolute Gasteiger partial charge is 0.382 e. The molecule has 0 fully saturated rings. The highest BCUT2D eigenvalue weighted by Crippen LogP contribution is 2.19. The van der Waals surface area contributed by atoms with E-state index in [1.165, 1.54) is 4.57 Å². The van der Waals surface area contributed by atoms with Gasteiger partial charge in [0.1, 0.15) is 17.2 Å². The van der Waals surface area contributed by atoms with Crippen LogP contribution in [-0.2, 0) is 13.0 Å². The van der Waals surface area contributed by atoms with Crippen molar-refractivity contribution in [2.24, 2.45) is 0 Å². The number of nitrogens with zero attached hydrogens (tertiary/aromatic N) is 4. The van der Waals surface area contributed by atoms with Crippen LogP contribution in [-0.4, -0.2) is 30.9 Å². The Morgan fingerprint density at radius 2 is 1.88 bits per heavy atom. The van der Waals surface area contributed by atoms with Gasteiger partial charge in [0.25, 0.3) is 0 Å². The molecule has 0 unspecified atom stereocenters. The molecule has 0 radical (unpaired) electrons. The molecule has 0 atom stereocenters. The fourth-order valence-electron chi connectivity index (χ4n) is 3.45. The van der Waals surface area contributed by atoms with E-state index in [1.54, 1.807) is 13.1 Å². The van der Waals surface area contributed by atoms with Crippen molar-refractivity contribution in [1.82, 2.24) is 24.5 Å². The number of benzene rings is 1. The lowest BCUT2D eigenvalue weighted by molar-refractivity contribution is 0.135. The molecule has 0 aliphatic rings. The number of fused-ring (bicyclic) bond motifs is 1. The molecule has 0 spiro atoms. The summed E-state index contributed by atoms with van der Waals surface area (Å²) in [7, 11) is 0. The third-order valence-electron chi connectivity index (χ3n) is 5.04. The summed E-state index contributed by atoms with van der Waals surface area (Å²) in [5.41, 5.74) is 9.13. The molecule has 0 saturated carbocycles. The van der Waals surface area contributed by atoms with E-state index in [0.29, 0.717) is 35.6 Å². The van der Waals surface area contributed by atoms with E-state index < -0.39 is 6.43 Å². The first-order valence-electron chi connectivity index (χ1n) is 10.2. The Morgan fingerprint density at radius 3 is 2.56 bits per heavy atom. The second-order valence-electron chi connectivity index (χ2n) is 7.53. The van der Waals surface area contributed by atoms with Crippen LogP contribution in [0.2, 0.25) is 0 Å². The fourth-order valence-corrected chi connectivity index (χ4v) is 3.45. The maximum absolute atomic E-state index is 12.4. The second-order valence-corrected chi connectivity index (χ2v) is 7.53. The average Bonchev–Trinajstić information content (AvgIpc) is 3.06.